The van der Waals surface area contributed by atoms with Crippen LogP contribution in [0.1, 0.15) is 13.8 Å². The maximum Gasteiger partial charge on any atom is 0.241 e. The molecule has 0 saturated carbocycles. The first-order valence-electron chi connectivity index (χ1n) is 8.77. The highest BCUT2D eigenvalue weighted by Gasteiger charge is 2.33. The fourth-order valence-corrected chi connectivity index (χ4v) is 4.04. The van der Waals surface area contributed by atoms with Gasteiger partial charge in [0.2, 0.25) is 31.9 Å². The van der Waals surface area contributed by atoms with Crippen LogP contribution in [0.15, 0.2) is 0 Å². The third-order valence-corrected chi connectivity index (χ3v) is 6.54. The molecule has 2 N–H and O–H groups in total. The van der Waals surface area contributed by atoms with Crippen LogP contribution in [0.4, 0.5) is 0 Å². The van der Waals surface area contributed by atoms with E-state index in [1.165, 1.54) is 19.0 Å². The fraction of sp³-hybridized carbons (Fsp3) is 0.867. The molecule has 0 aromatic rings. The predicted octanol–water partition coefficient (Wildman–Crippen LogP) is -2.20. The second-order valence-electron chi connectivity index (χ2n) is 7.23. The standard InChI is InChI=1S/C15H30N4O7S2/c1-11(2)14(17-27(5,22)23)15(21)19-6-7-26-12(9-19)8-16-13(20)10-28(24,25)18(3)4/h11-12,14,17H,6-10H2,1-5H3,(H,16,20). The van der Waals surface area contributed by atoms with Crippen LogP contribution in [-0.4, -0.2) is 102 Å². The minimum Gasteiger partial charge on any atom is -0.373 e. The molecular formula is C15H30N4O7S2. The van der Waals surface area contributed by atoms with E-state index < -0.39 is 43.9 Å². The van der Waals surface area contributed by atoms with Crippen LogP contribution in [0.2, 0.25) is 0 Å². The molecule has 0 spiro atoms. The van der Waals surface area contributed by atoms with E-state index in [0.717, 1.165) is 10.6 Å². The van der Waals surface area contributed by atoms with Gasteiger partial charge in [0.1, 0.15) is 11.8 Å². The average Bonchev–Trinajstić information content (AvgIpc) is 2.56. The Hall–Kier alpha value is -1.28. The minimum atomic E-state index is -3.66. The molecule has 0 aromatic carbocycles. The summed E-state index contributed by atoms with van der Waals surface area (Å²) in [6, 6.07) is -0.895. The van der Waals surface area contributed by atoms with Crippen LogP contribution in [0.25, 0.3) is 0 Å². The van der Waals surface area contributed by atoms with Gasteiger partial charge in [0.05, 0.1) is 19.0 Å². The average molecular weight is 443 g/mol. The van der Waals surface area contributed by atoms with Crippen molar-refractivity contribution in [3.8, 4) is 0 Å². The molecule has 0 bridgehead atoms. The quantitative estimate of drug-likeness (QED) is 0.412. The van der Waals surface area contributed by atoms with E-state index in [2.05, 4.69) is 10.0 Å². The first-order valence-corrected chi connectivity index (χ1v) is 12.3. The molecule has 11 nitrogen and oxygen atoms in total. The van der Waals surface area contributed by atoms with Crippen molar-refractivity contribution in [2.24, 2.45) is 5.92 Å². The van der Waals surface area contributed by atoms with Crippen molar-refractivity contribution >= 4 is 31.9 Å². The fourth-order valence-electron chi connectivity index (χ4n) is 2.52. The SMILES string of the molecule is CC(C)C(NS(C)(=O)=O)C(=O)N1CCOC(CNC(=O)CS(=O)(=O)N(C)C)C1. The van der Waals surface area contributed by atoms with Crippen molar-refractivity contribution in [2.45, 2.75) is 26.0 Å². The highest BCUT2D eigenvalue weighted by atomic mass is 32.2. The summed E-state index contributed by atoms with van der Waals surface area (Å²) in [6.07, 6.45) is 0.476. The summed E-state index contributed by atoms with van der Waals surface area (Å²) in [4.78, 5) is 26.1. The smallest absolute Gasteiger partial charge is 0.241 e. The van der Waals surface area contributed by atoms with E-state index in [9.17, 15) is 26.4 Å². The van der Waals surface area contributed by atoms with Gasteiger partial charge >= 0.3 is 0 Å². The Morgan fingerprint density at radius 2 is 1.82 bits per heavy atom. The van der Waals surface area contributed by atoms with E-state index in [-0.39, 0.29) is 31.5 Å². The van der Waals surface area contributed by atoms with Crippen molar-refractivity contribution in [3.05, 3.63) is 0 Å². The Labute approximate surface area is 166 Å². The summed E-state index contributed by atoms with van der Waals surface area (Å²) in [5, 5.41) is 2.49. The van der Waals surface area contributed by atoms with Crippen molar-refractivity contribution in [1.29, 1.82) is 0 Å². The Balaban J connectivity index is 2.66. The van der Waals surface area contributed by atoms with E-state index in [4.69, 9.17) is 4.74 Å². The van der Waals surface area contributed by atoms with Gasteiger partial charge in [-0.15, -0.1) is 0 Å². The van der Waals surface area contributed by atoms with Crippen LogP contribution < -0.4 is 10.0 Å². The topological polar surface area (TPSA) is 142 Å². The molecule has 0 aromatic heterocycles. The molecule has 1 heterocycles. The van der Waals surface area contributed by atoms with Crippen LogP contribution >= 0.6 is 0 Å². The Kier molecular flexibility index (Phi) is 8.81. The molecule has 2 amide bonds. The molecule has 0 aliphatic carbocycles. The summed E-state index contributed by atoms with van der Waals surface area (Å²) in [7, 11) is -4.54. The number of ether oxygens (including phenoxy) is 1. The molecule has 1 saturated heterocycles. The summed E-state index contributed by atoms with van der Waals surface area (Å²) < 4.78 is 55.3. The maximum absolute atomic E-state index is 12.7. The Morgan fingerprint density at radius 3 is 2.32 bits per heavy atom. The van der Waals surface area contributed by atoms with Gasteiger partial charge in [0.15, 0.2) is 0 Å². The van der Waals surface area contributed by atoms with Gasteiger partial charge in [0, 0.05) is 33.7 Å². The minimum absolute atomic E-state index is 0.0391. The predicted molar refractivity (Wildman–Crippen MR) is 103 cm³/mol. The maximum atomic E-state index is 12.7. The van der Waals surface area contributed by atoms with E-state index in [0.29, 0.717) is 6.54 Å². The highest BCUT2D eigenvalue weighted by Crippen LogP contribution is 2.12. The number of nitrogens with one attached hydrogen (secondary N) is 2. The molecule has 28 heavy (non-hydrogen) atoms. The highest BCUT2D eigenvalue weighted by molar-refractivity contribution is 7.89. The van der Waals surface area contributed by atoms with Crippen LogP contribution in [0.3, 0.4) is 0 Å². The van der Waals surface area contributed by atoms with E-state index in [1.54, 1.807) is 13.8 Å². The summed E-state index contributed by atoms with van der Waals surface area (Å²) in [5.41, 5.74) is 0. The van der Waals surface area contributed by atoms with Gasteiger partial charge in [-0.05, 0) is 5.92 Å². The first-order chi connectivity index (χ1) is 12.7. The lowest BCUT2D eigenvalue weighted by Crippen LogP contribution is -2.56. The molecular weight excluding hydrogens is 412 g/mol. The van der Waals surface area contributed by atoms with Gasteiger partial charge < -0.3 is 15.0 Å². The summed E-state index contributed by atoms with van der Waals surface area (Å²) in [5.74, 6) is -1.96. The monoisotopic (exact) mass is 442 g/mol. The number of rotatable bonds is 9. The zero-order valence-corrected chi connectivity index (χ0v) is 18.5. The van der Waals surface area contributed by atoms with Gasteiger partial charge in [0.25, 0.3) is 0 Å². The third kappa shape index (κ3) is 7.99. The van der Waals surface area contributed by atoms with E-state index >= 15 is 0 Å². The van der Waals surface area contributed by atoms with Gasteiger partial charge in [-0.1, -0.05) is 13.8 Å². The van der Waals surface area contributed by atoms with Gasteiger partial charge in [-0.25, -0.2) is 25.9 Å². The van der Waals surface area contributed by atoms with Crippen molar-refractivity contribution < 1.29 is 31.2 Å². The lowest BCUT2D eigenvalue weighted by Gasteiger charge is -2.36. The lowest BCUT2D eigenvalue weighted by molar-refractivity contribution is -0.141. The molecule has 1 fully saturated rings. The van der Waals surface area contributed by atoms with Gasteiger partial charge in [-0.2, -0.15) is 0 Å². The largest absolute Gasteiger partial charge is 0.373 e. The van der Waals surface area contributed by atoms with E-state index in [1.807, 2.05) is 0 Å². The number of amides is 2. The molecule has 2 atom stereocenters. The third-order valence-electron chi connectivity index (χ3n) is 4.12. The van der Waals surface area contributed by atoms with Crippen LogP contribution in [0, 0.1) is 5.92 Å². The van der Waals surface area contributed by atoms with Crippen molar-refractivity contribution in [3.63, 3.8) is 0 Å². The van der Waals surface area contributed by atoms with Crippen molar-refractivity contribution in [2.75, 3.05) is 52.3 Å². The second-order valence-corrected chi connectivity index (χ2v) is 11.2. The molecule has 1 aliphatic rings. The number of sulfonamides is 2. The molecule has 0 radical (unpaired) electrons. The van der Waals surface area contributed by atoms with Crippen LogP contribution in [-0.2, 0) is 34.4 Å². The lowest BCUT2D eigenvalue weighted by atomic mass is 10.0. The first kappa shape index (κ1) is 24.8. The number of morpholine rings is 1. The zero-order valence-electron chi connectivity index (χ0n) is 16.8. The number of nitrogens with zero attached hydrogens (tertiary/aromatic N) is 2. The molecule has 164 valence electrons. The number of hydrogen-bond donors (Lipinski definition) is 2. The zero-order chi connectivity index (χ0) is 21.7. The van der Waals surface area contributed by atoms with Gasteiger partial charge in [-0.3, -0.25) is 9.59 Å². The number of hydrogen-bond acceptors (Lipinski definition) is 7. The number of carbonyl (C=O) groups is 2. The normalized spacial score (nSPS) is 19.7. The molecule has 1 rings (SSSR count). The van der Waals surface area contributed by atoms with Crippen LogP contribution in [0.5, 0.6) is 0 Å². The molecule has 2 unspecified atom stereocenters. The van der Waals surface area contributed by atoms with Crippen molar-refractivity contribution in [1.82, 2.24) is 19.2 Å². The second kappa shape index (κ2) is 9.96. The molecule has 13 heteroatoms. The Bertz CT molecular complexity index is 765. The Morgan fingerprint density at radius 1 is 1.21 bits per heavy atom. The summed E-state index contributed by atoms with van der Waals surface area (Å²) >= 11 is 0. The summed E-state index contributed by atoms with van der Waals surface area (Å²) in [6.45, 7) is 4.21. The molecule has 1 aliphatic heterocycles. The number of carbonyl (C=O) groups excluding carboxylic acids is 2.